The normalized spacial score (nSPS) is 13.7. The molecule has 1 rings (SSSR count). The van der Waals surface area contributed by atoms with Gasteiger partial charge in [0.05, 0.1) is 9.35 Å². The minimum atomic E-state index is -2.00. The highest BCUT2D eigenvalue weighted by molar-refractivity contribution is 5.20. The molecule has 0 aliphatic carbocycles. The molecule has 0 saturated heterocycles. The van der Waals surface area contributed by atoms with Gasteiger partial charge in [-0.2, -0.15) is 0 Å². The van der Waals surface area contributed by atoms with Crippen LogP contribution < -0.4 is 4.74 Å². The molecule has 10 heavy (non-hydrogen) atoms. The molecule has 2 nitrogen and oxygen atoms in total. The Kier molecular flexibility index (Phi) is 1.85. The van der Waals surface area contributed by atoms with Gasteiger partial charge in [0, 0.05) is 0 Å². The Morgan fingerprint density at radius 3 is 2.70 bits per heavy atom. The second kappa shape index (κ2) is 3.90. The summed E-state index contributed by atoms with van der Waals surface area (Å²) >= 11 is 0. The second-order valence-corrected chi connectivity index (χ2v) is 1.72. The van der Waals surface area contributed by atoms with Crippen LogP contribution in [0.3, 0.4) is 0 Å². The standard InChI is InChI=1S/C8H10O2/c9-6-7-10-8-4-2-1-3-5-8/h1-5,9H,6-7H2/i7D2. The molecule has 0 aliphatic heterocycles. The van der Waals surface area contributed by atoms with Crippen LogP contribution in [0.1, 0.15) is 2.74 Å². The number of para-hydroxylation sites is 1. The van der Waals surface area contributed by atoms with E-state index in [1.54, 1.807) is 30.3 Å². The first-order valence-electron chi connectivity index (χ1n) is 3.99. The molecule has 1 N–H and O–H groups in total. The lowest BCUT2D eigenvalue weighted by molar-refractivity contribution is 0.201. The Morgan fingerprint density at radius 1 is 1.40 bits per heavy atom. The van der Waals surface area contributed by atoms with Gasteiger partial charge in [0.15, 0.2) is 0 Å². The summed E-state index contributed by atoms with van der Waals surface area (Å²) in [6.07, 6.45) is 0. The van der Waals surface area contributed by atoms with Crippen LogP contribution in [0.4, 0.5) is 0 Å². The molecule has 0 amide bonds. The molecule has 2 heteroatoms. The summed E-state index contributed by atoms with van der Waals surface area (Å²) in [6.45, 7) is -2.65. The average molecular weight is 140 g/mol. The van der Waals surface area contributed by atoms with Gasteiger partial charge in [-0.1, -0.05) is 18.2 Å². The molecule has 0 atom stereocenters. The Balaban J connectivity index is 2.64. The molecular formula is C8H10O2. The molecule has 0 heterocycles. The van der Waals surface area contributed by atoms with E-state index in [2.05, 4.69) is 0 Å². The van der Waals surface area contributed by atoms with E-state index in [4.69, 9.17) is 12.6 Å². The number of aliphatic hydroxyl groups is 1. The fraction of sp³-hybridized carbons (Fsp3) is 0.250. The maximum absolute atomic E-state index is 8.56. The molecule has 0 aromatic heterocycles. The summed E-state index contributed by atoms with van der Waals surface area (Å²) in [5, 5.41) is 8.56. The zero-order chi connectivity index (χ0) is 9.03. The highest BCUT2D eigenvalue weighted by Gasteiger charge is 1.86. The van der Waals surface area contributed by atoms with Crippen LogP contribution in [0.5, 0.6) is 5.75 Å². The van der Waals surface area contributed by atoms with Gasteiger partial charge < -0.3 is 9.84 Å². The molecule has 0 unspecified atom stereocenters. The van der Waals surface area contributed by atoms with Crippen molar-refractivity contribution in [3.05, 3.63) is 30.3 Å². The largest absolute Gasteiger partial charge is 0.491 e. The van der Waals surface area contributed by atoms with E-state index in [1.807, 2.05) is 0 Å². The van der Waals surface area contributed by atoms with Gasteiger partial charge in [0.1, 0.15) is 12.3 Å². The Labute approximate surface area is 62.9 Å². The van der Waals surface area contributed by atoms with Gasteiger partial charge in [-0.3, -0.25) is 0 Å². The van der Waals surface area contributed by atoms with E-state index in [0.29, 0.717) is 5.75 Å². The van der Waals surface area contributed by atoms with E-state index < -0.39 is 13.2 Å². The third kappa shape index (κ3) is 2.07. The highest BCUT2D eigenvalue weighted by atomic mass is 16.5. The zero-order valence-electron chi connectivity index (χ0n) is 7.45. The van der Waals surface area contributed by atoms with Crippen molar-refractivity contribution < 1.29 is 12.6 Å². The number of hydrogen-bond acceptors (Lipinski definition) is 2. The molecule has 0 radical (unpaired) electrons. The first-order valence-corrected chi connectivity index (χ1v) is 2.99. The van der Waals surface area contributed by atoms with Crippen molar-refractivity contribution in [3.63, 3.8) is 0 Å². The number of aliphatic hydroxyl groups excluding tert-OH is 1. The topological polar surface area (TPSA) is 29.5 Å². The monoisotopic (exact) mass is 140 g/mol. The second-order valence-electron chi connectivity index (χ2n) is 1.72. The summed E-state index contributed by atoms with van der Waals surface area (Å²) in [6, 6.07) is 8.55. The van der Waals surface area contributed by atoms with Gasteiger partial charge >= 0.3 is 0 Å². The molecule has 54 valence electrons. The molecular weight excluding hydrogens is 128 g/mol. The lowest BCUT2D eigenvalue weighted by atomic mass is 10.3. The van der Waals surface area contributed by atoms with Crippen molar-refractivity contribution in [3.8, 4) is 5.75 Å². The smallest absolute Gasteiger partial charge is 0.119 e. The fourth-order valence-electron chi connectivity index (χ4n) is 0.604. The molecule has 1 aromatic carbocycles. The summed E-state index contributed by atoms with van der Waals surface area (Å²) < 4.78 is 19.0. The van der Waals surface area contributed by atoms with Crippen molar-refractivity contribution in [2.24, 2.45) is 0 Å². The van der Waals surface area contributed by atoms with E-state index in [0.717, 1.165) is 0 Å². The van der Waals surface area contributed by atoms with Gasteiger partial charge in [0.2, 0.25) is 0 Å². The SMILES string of the molecule is [2H]C([2H])(CO)Oc1ccccc1. The molecule has 0 spiro atoms. The van der Waals surface area contributed by atoms with Gasteiger partial charge in [0.25, 0.3) is 0 Å². The molecule has 0 bridgehead atoms. The predicted molar refractivity (Wildman–Crippen MR) is 39.0 cm³/mol. The van der Waals surface area contributed by atoms with Crippen LogP contribution in [0.15, 0.2) is 30.3 Å². The van der Waals surface area contributed by atoms with Crippen LogP contribution in [-0.2, 0) is 0 Å². The molecule has 0 fully saturated rings. The van der Waals surface area contributed by atoms with E-state index in [-0.39, 0.29) is 0 Å². The minimum Gasteiger partial charge on any atom is -0.491 e. The van der Waals surface area contributed by atoms with Gasteiger partial charge in [-0.25, -0.2) is 0 Å². The summed E-state index contributed by atoms with van der Waals surface area (Å²) in [7, 11) is 0. The maximum Gasteiger partial charge on any atom is 0.119 e. The average Bonchev–Trinajstić information content (AvgIpc) is 2.06. The van der Waals surface area contributed by atoms with E-state index >= 15 is 0 Å². The predicted octanol–water partition coefficient (Wildman–Crippen LogP) is 1.06. The van der Waals surface area contributed by atoms with Crippen molar-refractivity contribution in [2.45, 2.75) is 0 Å². The lowest BCUT2D eigenvalue weighted by Crippen LogP contribution is -2.00. The van der Waals surface area contributed by atoms with Crippen LogP contribution in [-0.4, -0.2) is 18.3 Å². The fourth-order valence-corrected chi connectivity index (χ4v) is 0.604. The molecule has 0 aliphatic rings. The van der Waals surface area contributed by atoms with Crippen LogP contribution >= 0.6 is 0 Å². The quantitative estimate of drug-likeness (QED) is 0.680. The number of ether oxygens (including phenoxy) is 1. The number of benzene rings is 1. The Morgan fingerprint density at radius 2 is 2.10 bits per heavy atom. The summed E-state index contributed by atoms with van der Waals surface area (Å²) in [4.78, 5) is 0. The van der Waals surface area contributed by atoms with Crippen molar-refractivity contribution in [1.82, 2.24) is 0 Å². The first-order chi connectivity index (χ1) is 5.64. The Bertz CT molecular complexity index is 236. The third-order valence-corrected chi connectivity index (χ3v) is 0.998. The van der Waals surface area contributed by atoms with Gasteiger partial charge in [-0.05, 0) is 12.1 Å². The molecule has 0 saturated carbocycles. The van der Waals surface area contributed by atoms with Crippen LogP contribution in [0.2, 0.25) is 0 Å². The van der Waals surface area contributed by atoms with E-state index in [9.17, 15) is 0 Å². The van der Waals surface area contributed by atoms with Crippen molar-refractivity contribution in [1.29, 1.82) is 0 Å². The first kappa shape index (κ1) is 4.74. The summed E-state index contributed by atoms with van der Waals surface area (Å²) in [5.41, 5.74) is 0. The van der Waals surface area contributed by atoms with Crippen molar-refractivity contribution >= 4 is 0 Å². The number of rotatable bonds is 3. The number of hydrogen-bond donors (Lipinski definition) is 1. The third-order valence-electron chi connectivity index (χ3n) is 0.998. The zero-order valence-corrected chi connectivity index (χ0v) is 5.45. The van der Waals surface area contributed by atoms with Crippen molar-refractivity contribution in [2.75, 3.05) is 13.2 Å². The van der Waals surface area contributed by atoms with Crippen LogP contribution in [0, 0.1) is 0 Å². The highest BCUT2D eigenvalue weighted by Crippen LogP contribution is 2.06. The molecule has 1 aromatic rings. The van der Waals surface area contributed by atoms with E-state index in [1.165, 1.54) is 0 Å². The minimum absolute atomic E-state index is 0.413. The maximum atomic E-state index is 8.56. The Hall–Kier alpha value is -1.02. The van der Waals surface area contributed by atoms with Gasteiger partial charge in [-0.15, -0.1) is 0 Å². The summed E-state index contributed by atoms with van der Waals surface area (Å²) in [5.74, 6) is 0.413. The van der Waals surface area contributed by atoms with Crippen LogP contribution in [0.25, 0.3) is 0 Å². The lowest BCUT2D eigenvalue weighted by Gasteiger charge is -2.01.